The highest BCUT2D eigenvalue weighted by atomic mass is 32.1. The Bertz CT molecular complexity index is 684. The maximum atomic E-state index is 12.4. The number of carbonyl (C=O) groups excluding carboxylic acids is 2. The smallest absolute Gasteiger partial charge is 0.273 e. The van der Waals surface area contributed by atoms with E-state index in [1.54, 1.807) is 27.6 Å². The zero-order chi connectivity index (χ0) is 16.2. The molecule has 122 valence electrons. The molecule has 8 nitrogen and oxygen atoms in total. The SMILES string of the molecule is Cc1nonc1CC(=O)N1CCCN(C(=O)c2cscn2)CC1. The number of rotatable bonds is 3. The van der Waals surface area contributed by atoms with Crippen molar-refractivity contribution in [3.8, 4) is 0 Å². The summed E-state index contributed by atoms with van der Waals surface area (Å²) in [7, 11) is 0. The van der Waals surface area contributed by atoms with Crippen molar-refractivity contribution in [1.82, 2.24) is 25.1 Å². The van der Waals surface area contributed by atoms with Crippen LogP contribution in [0.15, 0.2) is 15.5 Å². The van der Waals surface area contributed by atoms with Crippen LogP contribution < -0.4 is 0 Å². The lowest BCUT2D eigenvalue weighted by molar-refractivity contribution is -0.130. The van der Waals surface area contributed by atoms with E-state index in [1.807, 2.05) is 0 Å². The first kappa shape index (κ1) is 15.6. The van der Waals surface area contributed by atoms with E-state index in [9.17, 15) is 9.59 Å². The van der Waals surface area contributed by atoms with Crippen molar-refractivity contribution in [3.05, 3.63) is 28.0 Å². The van der Waals surface area contributed by atoms with Gasteiger partial charge in [0.2, 0.25) is 5.91 Å². The molecular formula is C14H17N5O3S. The summed E-state index contributed by atoms with van der Waals surface area (Å²) in [6.45, 7) is 4.04. The average Bonchev–Trinajstić information content (AvgIpc) is 3.14. The standard InChI is InChI=1S/C14H17N5O3S/c1-10-11(17-22-16-10)7-13(20)18-3-2-4-19(6-5-18)14(21)12-8-23-9-15-12/h8-9H,2-7H2,1H3. The first-order chi connectivity index (χ1) is 11.1. The molecule has 0 radical (unpaired) electrons. The molecule has 0 bridgehead atoms. The van der Waals surface area contributed by atoms with E-state index in [-0.39, 0.29) is 18.2 Å². The predicted octanol–water partition coefficient (Wildman–Crippen LogP) is 0.752. The van der Waals surface area contributed by atoms with E-state index in [0.717, 1.165) is 6.42 Å². The van der Waals surface area contributed by atoms with Crippen LogP contribution in [-0.2, 0) is 11.2 Å². The average molecular weight is 335 g/mol. The van der Waals surface area contributed by atoms with Gasteiger partial charge in [0.25, 0.3) is 5.91 Å². The third kappa shape index (κ3) is 3.55. The highest BCUT2D eigenvalue weighted by Crippen LogP contribution is 2.11. The molecule has 9 heteroatoms. The van der Waals surface area contributed by atoms with Gasteiger partial charge in [-0.05, 0) is 13.3 Å². The van der Waals surface area contributed by atoms with Gasteiger partial charge in [-0.15, -0.1) is 11.3 Å². The Morgan fingerprint density at radius 3 is 2.70 bits per heavy atom. The first-order valence-electron chi connectivity index (χ1n) is 7.38. The summed E-state index contributed by atoms with van der Waals surface area (Å²) in [4.78, 5) is 32.3. The molecule has 2 aromatic heterocycles. The lowest BCUT2D eigenvalue weighted by atomic mass is 10.2. The maximum absolute atomic E-state index is 12.4. The predicted molar refractivity (Wildman–Crippen MR) is 82.0 cm³/mol. The third-order valence-corrected chi connectivity index (χ3v) is 4.44. The Labute approximate surface area is 137 Å². The fraction of sp³-hybridized carbons (Fsp3) is 0.500. The topological polar surface area (TPSA) is 92.4 Å². The number of carbonyl (C=O) groups is 2. The highest BCUT2D eigenvalue weighted by molar-refractivity contribution is 7.07. The Morgan fingerprint density at radius 2 is 2.00 bits per heavy atom. The largest absolute Gasteiger partial charge is 0.341 e. The van der Waals surface area contributed by atoms with Crippen LogP contribution in [0, 0.1) is 6.92 Å². The van der Waals surface area contributed by atoms with Gasteiger partial charge in [0, 0.05) is 31.6 Å². The Hall–Kier alpha value is -2.29. The molecule has 3 heterocycles. The minimum absolute atomic E-state index is 0.0215. The molecule has 0 aliphatic carbocycles. The fourth-order valence-electron chi connectivity index (χ4n) is 2.52. The van der Waals surface area contributed by atoms with Gasteiger partial charge in [-0.2, -0.15) is 0 Å². The summed E-state index contributed by atoms with van der Waals surface area (Å²) >= 11 is 1.40. The molecule has 0 atom stereocenters. The van der Waals surface area contributed by atoms with E-state index < -0.39 is 0 Å². The molecule has 2 amide bonds. The summed E-state index contributed by atoms with van der Waals surface area (Å²) in [5.41, 5.74) is 3.32. The lowest BCUT2D eigenvalue weighted by Crippen LogP contribution is -2.38. The van der Waals surface area contributed by atoms with E-state index in [0.29, 0.717) is 43.3 Å². The summed E-state index contributed by atoms with van der Waals surface area (Å²) in [6, 6.07) is 0. The third-order valence-electron chi connectivity index (χ3n) is 3.85. The molecule has 1 aliphatic rings. The molecule has 0 spiro atoms. The van der Waals surface area contributed by atoms with E-state index in [1.165, 1.54) is 11.3 Å². The second-order valence-corrected chi connectivity index (χ2v) is 6.09. The molecule has 0 unspecified atom stereocenters. The number of aryl methyl sites for hydroxylation is 1. The molecule has 1 fully saturated rings. The van der Waals surface area contributed by atoms with Crippen molar-refractivity contribution in [1.29, 1.82) is 0 Å². The summed E-state index contributed by atoms with van der Waals surface area (Å²) in [5.74, 6) is -0.0937. The van der Waals surface area contributed by atoms with Crippen LogP contribution in [0.4, 0.5) is 0 Å². The van der Waals surface area contributed by atoms with Crippen LogP contribution >= 0.6 is 11.3 Å². The van der Waals surface area contributed by atoms with Gasteiger partial charge in [-0.1, -0.05) is 10.3 Å². The fourth-order valence-corrected chi connectivity index (χ4v) is 3.04. The monoisotopic (exact) mass is 335 g/mol. The van der Waals surface area contributed by atoms with Crippen LogP contribution in [0.2, 0.25) is 0 Å². The summed E-state index contributed by atoms with van der Waals surface area (Å²) in [5, 5.41) is 9.17. The molecular weight excluding hydrogens is 318 g/mol. The van der Waals surface area contributed by atoms with Gasteiger partial charge in [-0.3, -0.25) is 9.59 Å². The van der Waals surface area contributed by atoms with Crippen LogP contribution in [-0.4, -0.2) is 63.1 Å². The molecule has 3 rings (SSSR count). The minimum Gasteiger partial charge on any atom is -0.341 e. The number of amides is 2. The zero-order valence-corrected chi connectivity index (χ0v) is 13.6. The number of hydrogen-bond acceptors (Lipinski definition) is 7. The normalized spacial score (nSPS) is 15.5. The molecule has 1 saturated heterocycles. The van der Waals surface area contributed by atoms with Crippen molar-refractivity contribution in [2.45, 2.75) is 19.8 Å². The highest BCUT2D eigenvalue weighted by Gasteiger charge is 2.24. The quantitative estimate of drug-likeness (QED) is 0.822. The Kier molecular flexibility index (Phi) is 4.65. The van der Waals surface area contributed by atoms with Crippen LogP contribution in [0.5, 0.6) is 0 Å². The molecule has 0 aromatic carbocycles. The lowest BCUT2D eigenvalue weighted by Gasteiger charge is -2.21. The Balaban J connectivity index is 1.59. The molecule has 1 aliphatic heterocycles. The number of hydrogen-bond donors (Lipinski definition) is 0. The number of thiazole rings is 1. The molecule has 0 N–H and O–H groups in total. The van der Waals surface area contributed by atoms with Crippen molar-refractivity contribution in [2.75, 3.05) is 26.2 Å². The summed E-state index contributed by atoms with van der Waals surface area (Å²) < 4.78 is 4.62. The van der Waals surface area contributed by atoms with Crippen molar-refractivity contribution >= 4 is 23.2 Å². The van der Waals surface area contributed by atoms with Gasteiger partial charge in [0.1, 0.15) is 17.1 Å². The molecule has 23 heavy (non-hydrogen) atoms. The van der Waals surface area contributed by atoms with Crippen LogP contribution in [0.25, 0.3) is 0 Å². The maximum Gasteiger partial charge on any atom is 0.273 e. The van der Waals surface area contributed by atoms with Gasteiger partial charge >= 0.3 is 0 Å². The van der Waals surface area contributed by atoms with Crippen molar-refractivity contribution < 1.29 is 14.2 Å². The number of nitrogens with zero attached hydrogens (tertiary/aromatic N) is 5. The second-order valence-electron chi connectivity index (χ2n) is 5.37. The van der Waals surface area contributed by atoms with E-state index >= 15 is 0 Å². The second kappa shape index (κ2) is 6.86. The van der Waals surface area contributed by atoms with Crippen molar-refractivity contribution in [3.63, 3.8) is 0 Å². The van der Waals surface area contributed by atoms with Gasteiger partial charge in [0.05, 0.1) is 11.9 Å². The van der Waals surface area contributed by atoms with E-state index in [2.05, 4.69) is 19.9 Å². The van der Waals surface area contributed by atoms with Crippen LogP contribution in [0.1, 0.15) is 28.3 Å². The van der Waals surface area contributed by atoms with Gasteiger partial charge in [0.15, 0.2) is 0 Å². The minimum atomic E-state index is -0.0721. The van der Waals surface area contributed by atoms with Gasteiger partial charge in [-0.25, -0.2) is 9.61 Å². The molecule has 2 aromatic rings. The van der Waals surface area contributed by atoms with Gasteiger partial charge < -0.3 is 9.80 Å². The summed E-state index contributed by atoms with van der Waals surface area (Å²) in [6.07, 6.45) is 0.924. The number of aromatic nitrogens is 3. The first-order valence-corrected chi connectivity index (χ1v) is 8.32. The van der Waals surface area contributed by atoms with E-state index in [4.69, 9.17) is 0 Å². The molecule has 0 saturated carbocycles. The zero-order valence-electron chi connectivity index (χ0n) is 12.8. The van der Waals surface area contributed by atoms with Crippen molar-refractivity contribution in [2.24, 2.45) is 0 Å². The van der Waals surface area contributed by atoms with Crippen LogP contribution in [0.3, 0.4) is 0 Å². The Morgan fingerprint density at radius 1 is 1.22 bits per heavy atom.